The minimum absolute atomic E-state index is 0.0208. The van der Waals surface area contributed by atoms with Crippen molar-refractivity contribution in [2.24, 2.45) is 0 Å². The molecule has 1 saturated heterocycles. The molecule has 2 atom stereocenters. The molecule has 1 fully saturated rings. The maximum Gasteiger partial charge on any atom is 0.306 e. The number of methoxy groups -OCH3 is 1. The first-order valence-corrected chi connectivity index (χ1v) is 12.1. The summed E-state index contributed by atoms with van der Waals surface area (Å²) in [6.07, 6.45) is 0.259. The third-order valence-corrected chi connectivity index (χ3v) is 6.39. The van der Waals surface area contributed by atoms with Gasteiger partial charge in [-0.15, -0.1) is 0 Å². The molecule has 1 heterocycles. The molecule has 7 nitrogen and oxygen atoms in total. The summed E-state index contributed by atoms with van der Waals surface area (Å²) in [4.78, 5) is 28.5. The Morgan fingerprint density at radius 2 is 1.86 bits per heavy atom. The molecule has 0 saturated carbocycles. The molecule has 0 aliphatic carbocycles. The van der Waals surface area contributed by atoms with Gasteiger partial charge in [-0.3, -0.25) is 14.5 Å². The first kappa shape index (κ1) is 26.9. The van der Waals surface area contributed by atoms with Crippen molar-refractivity contribution in [3.63, 3.8) is 0 Å². The molecule has 2 aromatic carbocycles. The van der Waals surface area contributed by atoms with Gasteiger partial charge in [-0.05, 0) is 49.7 Å². The number of hydrogen-bond acceptors (Lipinski definition) is 6. The van der Waals surface area contributed by atoms with Crippen LogP contribution in [-0.4, -0.2) is 67.1 Å². The molecule has 3 rings (SSSR count). The van der Waals surface area contributed by atoms with Crippen LogP contribution in [0.4, 0.5) is 4.39 Å². The maximum atomic E-state index is 13.2. The smallest absolute Gasteiger partial charge is 0.306 e. The Morgan fingerprint density at radius 1 is 1.11 bits per heavy atom. The number of carbonyl (C=O) groups is 2. The number of nitrogens with zero attached hydrogens (tertiary/aromatic N) is 2. The Kier molecular flexibility index (Phi) is 9.89. The molecular weight excluding hydrogens is 473 g/mol. The van der Waals surface area contributed by atoms with E-state index in [1.807, 2.05) is 11.8 Å². The third-order valence-electron chi connectivity index (χ3n) is 6.16. The van der Waals surface area contributed by atoms with Crippen molar-refractivity contribution in [1.82, 2.24) is 15.1 Å². The summed E-state index contributed by atoms with van der Waals surface area (Å²) in [6, 6.07) is 12.0. The summed E-state index contributed by atoms with van der Waals surface area (Å²) >= 11 is 6.15. The number of esters is 1. The molecule has 9 heteroatoms. The second-order valence-corrected chi connectivity index (χ2v) is 9.28. The van der Waals surface area contributed by atoms with Gasteiger partial charge >= 0.3 is 5.97 Å². The van der Waals surface area contributed by atoms with E-state index in [1.165, 1.54) is 19.2 Å². The minimum Gasteiger partial charge on any atom is -0.483 e. The Balaban J connectivity index is 1.53. The zero-order valence-electron chi connectivity index (χ0n) is 20.4. The van der Waals surface area contributed by atoms with Crippen LogP contribution in [-0.2, 0) is 27.4 Å². The van der Waals surface area contributed by atoms with Crippen molar-refractivity contribution in [1.29, 1.82) is 0 Å². The van der Waals surface area contributed by atoms with Crippen LogP contribution in [0.3, 0.4) is 0 Å². The van der Waals surface area contributed by atoms with E-state index in [1.54, 1.807) is 30.3 Å². The van der Waals surface area contributed by atoms with Crippen LogP contribution in [0.15, 0.2) is 42.5 Å². The lowest BCUT2D eigenvalue weighted by Gasteiger charge is -2.44. The van der Waals surface area contributed by atoms with Crippen molar-refractivity contribution in [2.45, 2.75) is 45.4 Å². The van der Waals surface area contributed by atoms with Gasteiger partial charge in [0.15, 0.2) is 6.61 Å². The van der Waals surface area contributed by atoms with Gasteiger partial charge in [0.25, 0.3) is 5.91 Å². The molecule has 1 N–H and O–H groups in total. The van der Waals surface area contributed by atoms with Crippen LogP contribution in [0, 0.1) is 5.82 Å². The minimum atomic E-state index is -0.285. The lowest BCUT2D eigenvalue weighted by Crippen LogP contribution is -2.58. The number of benzene rings is 2. The first-order valence-electron chi connectivity index (χ1n) is 11.7. The van der Waals surface area contributed by atoms with Crippen molar-refractivity contribution in [2.75, 3.05) is 33.4 Å². The van der Waals surface area contributed by atoms with E-state index in [2.05, 4.69) is 21.9 Å². The van der Waals surface area contributed by atoms with Gasteiger partial charge in [-0.2, -0.15) is 0 Å². The Morgan fingerprint density at radius 3 is 2.57 bits per heavy atom. The van der Waals surface area contributed by atoms with E-state index >= 15 is 0 Å². The van der Waals surface area contributed by atoms with Crippen LogP contribution in [0.25, 0.3) is 0 Å². The van der Waals surface area contributed by atoms with Gasteiger partial charge in [0, 0.05) is 55.4 Å². The van der Waals surface area contributed by atoms with Crippen LogP contribution < -0.4 is 10.1 Å². The highest BCUT2D eigenvalue weighted by Crippen LogP contribution is 2.24. The normalized spacial score (nSPS) is 18.4. The van der Waals surface area contributed by atoms with Gasteiger partial charge < -0.3 is 19.7 Å². The molecule has 35 heavy (non-hydrogen) atoms. The lowest BCUT2D eigenvalue weighted by atomic mass is 10.1. The third kappa shape index (κ3) is 7.92. The fraction of sp³-hybridized carbons (Fsp3) is 0.462. The van der Waals surface area contributed by atoms with Gasteiger partial charge in [-0.1, -0.05) is 23.7 Å². The molecule has 0 spiro atoms. The molecule has 190 valence electrons. The van der Waals surface area contributed by atoms with E-state index in [4.69, 9.17) is 16.3 Å². The van der Waals surface area contributed by atoms with E-state index in [0.717, 1.165) is 17.7 Å². The molecule has 1 amide bonds. The number of rotatable bonds is 10. The Hall–Kier alpha value is -2.68. The molecule has 0 bridgehead atoms. The fourth-order valence-electron chi connectivity index (χ4n) is 4.16. The van der Waals surface area contributed by atoms with Crippen LogP contribution in [0.5, 0.6) is 5.75 Å². The van der Waals surface area contributed by atoms with Crippen LogP contribution >= 0.6 is 11.6 Å². The van der Waals surface area contributed by atoms with Crippen molar-refractivity contribution >= 4 is 23.5 Å². The van der Waals surface area contributed by atoms with Gasteiger partial charge in [-0.25, -0.2) is 4.39 Å². The van der Waals surface area contributed by atoms with E-state index in [-0.39, 0.29) is 42.8 Å². The summed E-state index contributed by atoms with van der Waals surface area (Å²) in [7, 11) is 1.36. The molecule has 0 unspecified atom stereocenters. The predicted molar refractivity (Wildman–Crippen MR) is 133 cm³/mol. The molecule has 2 aromatic rings. The number of ether oxygens (including phenoxy) is 2. The van der Waals surface area contributed by atoms with Crippen molar-refractivity contribution < 1.29 is 23.5 Å². The van der Waals surface area contributed by atoms with E-state index in [0.29, 0.717) is 37.0 Å². The molecule has 1 aliphatic heterocycles. The van der Waals surface area contributed by atoms with Gasteiger partial charge in [0.05, 0.1) is 13.5 Å². The number of hydrogen-bond donors (Lipinski definition) is 1. The fourth-order valence-corrected chi connectivity index (χ4v) is 4.35. The van der Waals surface area contributed by atoms with E-state index < -0.39 is 0 Å². The summed E-state index contributed by atoms with van der Waals surface area (Å²) in [5.41, 5.74) is 1.85. The van der Waals surface area contributed by atoms with Gasteiger partial charge in [0.1, 0.15) is 11.6 Å². The number of amides is 1. The molecule has 0 aromatic heterocycles. The summed E-state index contributed by atoms with van der Waals surface area (Å²) < 4.78 is 23.7. The largest absolute Gasteiger partial charge is 0.483 e. The van der Waals surface area contributed by atoms with Crippen LogP contribution in [0.2, 0.25) is 5.02 Å². The van der Waals surface area contributed by atoms with Gasteiger partial charge in [0.2, 0.25) is 0 Å². The highest BCUT2D eigenvalue weighted by Gasteiger charge is 2.32. The maximum absolute atomic E-state index is 13.2. The number of piperazine rings is 1. The second kappa shape index (κ2) is 12.9. The van der Waals surface area contributed by atoms with Crippen LogP contribution in [0.1, 0.15) is 31.4 Å². The molecular formula is C26H33ClFN3O4. The van der Waals surface area contributed by atoms with Crippen molar-refractivity contribution in [3.05, 3.63) is 64.4 Å². The zero-order valence-corrected chi connectivity index (χ0v) is 21.2. The topological polar surface area (TPSA) is 71.1 Å². The predicted octanol–water partition coefficient (Wildman–Crippen LogP) is 3.63. The number of halogens is 2. The summed E-state index contributed by atoms with van der Waals surface area (Å²) in [5, 5.41) is 3.73. The quantitative estimate of drug-likeness (QED) is 0.393. The highest BCUT2D eigenvalue weighted by molar-refractivity contribution is 6.30. The highest BCUT2D eigenvalue weighted by atomic mass is 35.5. The average Bonchev–Trinajstić information content (AvgIpc) is 2.84. The standard InChI is InChI=1S/C26H33ClFN3O4/c1-18-15-31(19(2)14-30(18)16-20-4-7-23(28)8-5-20)25(32)17-35-24-9-6-22(27)12-21(24)13-29-11-10-26(33)34-3/h4-9,12,18-19,29H,10-11,13-17H2,1-3H3/t18-,19+/m0/s1. The average molecular weight is 506 g/mol. The lowest BCUT2D eigenvalue weighted by molar-refractivity contribution is -0.141. The zero-order chi connectivity index (χ0) is 25.4. The first-order chi connectivity index (χ1) is 16.8. The molecule has 0 radical (unpaired) electrons. The summed E-state index contributed by atoms with van der Waals surface area (Å²) in [5.74, 6) is -0.0347. The molecule has 1 aliphatic rings. The Labute approximate surface area is 211 Å². The number of nitrogens with one attached hydrogen (secondary N) is 1. The summed E-state index contributed by atoms with van der Waals surface area (Å²) in [6.45, 7) is 6.96. The van der Waals surface area contributed by atoms with E-state index in [9.17, 15) is 14.0 Å². The Bertz CT molecular complexity index is 1000. The monoisotopic (exact) mass is 505 g/mol. The number of carbonyl (C=O) groups excluding carboxylic acids is 2. The SMILES string of the molecule is COC(=O)CCNCc1cc(Cl)ccc1OCC(=O)N1C[C@H](C)N(Cc2ccc(F)cc2)C[C@H]1C. The van der Waals surface area contributed by atoms with Crippen molar-refractivity contribution in [3.8, 4) is 5.75 Å². The second-order valence-electron chi connectivity index (χ2n) is 8.84.